The predicted octanol–water partition coefficient (Wildman–Crippen LogP) is 2.55. The molecular weight excluding hydrogens is 354 g/mol. The second-order valence-electron chi connectivity index (χ2n) is 4.87. The minimum Gasteiger partial charge on any atom is -0.465 e. The Balaban J connectivity index is 2.32. The number of carbonyl (C=O) groups is 2. The molecule has 0 aliphatic carbocycles. The number of rotatable bonds is 4. The van der Waals surface area contributed by atoms with Gasteiger partial charge in [0.1, 0.15) is 0 Å². The fourth-order valence-electron chi connectivity index (χ4n) is 2.02. The molecule has 126 valence electrons. The molecule has 0 atom stereocenters. The number of carbonyl (C=O) groups excluding carboxylic acids is 2. The number of amides is 1. The quantitative estimate of drug-likeness (QED) is 0.839. The molecule has 0 spiro atoms. The van der Waals surface area contributed by atoms with E-state index in [2.05, 4.69) is 4.74 Å². The second kappa shape index (κ2) is 7.02. The first-order valence-corrected chi connectivity index (χ1v) is 8.63. The molecule has 24 heavy (non-hydrogen) atoms. The lowest BCUT2D eigenvalue weighted by Gasteiger charge is -2.10. The number of halogens is 1. The Hall–Kier alpha value is -2.38. The largest absolute Gasteiger partial charge is 0.465 e. The van der Waals surface area contributed by atoms with Gasteiger partial charge in [0, 0.05) is 10.6 Å². The van der Waals surface area contributed by atoms with Crippen molar-refractivity contribution >= 4 is 33.5 Å². The van der Waals surface area contributed by atoms with Crippen molar-refractivity contribution in [2.75, 3.05) is 7.11 Å². The summed E-state index contributed by atoms with van der Waals surface area (Å²) in [4.78, 5) is 23.6. The number of benzene rings is 2. The van der Waals surface area contributed by atoms with Gasteiger partial charge in [-0.3, -0.25) is 4.79 Å². The highest BCUT2D eigenvalue weighted by Gasteiger charge is 2.22. The van der Waals surface area contributed by atoms with Gasteiger partial charge >= 0.3 is 5.97 Å². The highest BCUT2D eigenvalue weighted by molar-refractivity contribution is 7.90. The van der Waals surface area contributed by atoms with Gasteiger partial charge in [0.2, 0.25) is 0 Å². The van der Waals surface area contributed by atoms with Crippen molar-refractivity contribution in [2.45, 2.75) is 11.8 Å². The lowest BCUT2D eigenvalue weighted by atomic mass is 10.1. The first-order chi connectivity index (χ1) is 11.3. The molecule has 8 heteroatoms. The molecule has 0 heterocycles. The summed E-state index contributed by atoms with van der Waals surface area (Å²) >= 11 is 5.92. The van der Waals surface area contributed by atoms with Gasteiger partial charge in [0.05, 0.1) is 17.6 Å². The maximum absolute atomic E-state index is 12.4. The van der Waals surface area contributed by atoms with E-state index in [0.29, 0.717) is 5.56 Å². The molecule has 0 saturated carbocycles. The van der Waals surface area contributed by atoms with Crippen LogP contribution in [0.25, 0.3) is 0 Å². The van der Waals surface area contributed by atoms with Gasteiger partial charge in [-0.15, -0.1) is 0 Å². The molecule has 6 nitrogen and oxygen atoms in total. The van der Waals surface area contributed by atoms with Crippen molar-refractivity contribution < 1.29 is 22.7 Å². The van der Waals surface area contributed by atoms with Gasteiger partial charge in [-0.1, -0.05) is 23.7 Å². The zero-order valence-corrected chi connectivity index (χ0v) is 14.4. The first kappa shape index (κ1) is 18.0. The summed E-state index contributed by atoms with van der Waals surface area (Å²) in [5.41, 5.74) is 0.491. The maximum atomic E-state index is 12.4. The third-order valence-electron chi connectivity index (χ3n) is 3.28. The van der Waals surface area contributed by atoms with Crippen LogP contribution in [0.2, 0.25) is 5.02 Å². The van der Waals surface area contributed by atoms with Crippen LogP contribution in [0.4, 0.5) is 0 Å². The Morgan fingerprint density at radius 3 is 2.38 bits per heavy atom. The molecule has 0 unspecified atom stereocenters. The van der Waals surface area contributed by atoms with Crippen LogP contribution in [0.3, 0.4) is 0 Å². The number of hydrogen-bond acceptors (Lipinski definition) is 5. The van der Waals surface area contributed by atoms with Crippen molar-refractivity contribution in [2.24, 2.45) is 0 Å². The number of esters is 1. The summed E-state index contributed by atoms with van der Waals surface area (Å²) in [5, 5.41) is 0.276. The molecule has 0 radical (unpaired) electrons. The number of sulfonamides is 1. The molecule has 0 aliphatic rings. The number of ether oxygens (including phenoxy) is 1. The molecular formula is C16H14ClNO5S. The SMILES string of the molecule is COC(=O)c1cccc(C(=O)NS(=O)(=O)c2cccc(Cl)c2C)c1. The average molecular weight is 368 g/mol. The van der Waals surface area contributed by atoms with Crippen LogP contribution >= 0.6 is 11.6 Å². The minimum absolute atomic E-state index is 0.0150. The molecule has 2 aromatic carbocycles. The number of nitrogens with one attached hydrogen (secondary N) is 1. The third-order valence-corrected chi connectivity index (χ3v) is 5.17. The van der Waals surface area contributed by atoms with Crippen molar-refractivity contribution in [1.82, 2.24) is 4.72 Å². The van der Waals surface area contributed by atoms with Crippen LogP contribution in [0.15, 0.2) is 47.4 Å². The zero-order valence-electron chi connectivity index (χ0n) is 12.9. The minimum atomic E-state index is -4.10. The molecule has 0 fully saturated rings. The molecule has 2 rings (SSSR count). The third kappa shape index (κ3) is 3.74. The highest BCUT2D eigenvalue weighted by atomic mass is 35.5. The van der Waals surface area contributed by atoms with E-state index >= 15 is 0 Å². The van der Waals surface area contributed by atoms with Crippen LogP contribution in [0, 0.1) is 6.92 Å². The van der Waals surface area contributed by atoms with Crippen molar-refractivity contribution in [3.8, 4) is 0 Å². The zero-order chi connectivity index (χ0) is 17.9. The second-order valence-corrected chi connectivity index (χ2v) is 6.93. The van der Waals surface area contributed by atoms with E-state index in [9.17, 15) is 18.0 Å². The van der Waals surface area contributed by atoms with Crippen molar-refractivity contribution in [3.05, 3.63) is 64.2 Å². The smallest absolute Gasteiger partial charge is 0.337 e. The van der Waals surface area contributed by atoms with Crippen molar-refractivity contribution in [1.29, 1.82) is 0 Å². The van der Waals surface area contributed by atoms with Crippen LogP contribution < -0.4 is 4.72 Å². The average Bonchev–Trinajstić information content (AvgIpc) is 2.56. The normalized spacial score (nSPS) is 11.0. The van der Waals surface area contributed by atoms with E-state index in [-0.39, 0.29) is 21.0 Å². The van der Waals surface area contributed by atoms with E-state index in [0.717, 1.165) is 0 Å². The van der Waals surface area contributed by atoms with Gasteiger partial charge < -0.3 is 4.74 Å². The molecule has 0 aromatic heterocycles. The summed E-state index contributed by atoms with van der Waals surface area (Å²) < 4.78 is 31.3. The fourth-order valence-corrected chi connectivity index (χ4v) is 3.49. The summed E-state index contributed by atoms with van der Waals surface area (Å²) in [6.07, 6.45) is 0. The van der Waals surface area contributed by atoms with E-state index in [4.69, 9.17) is 11.6 Å². The molecule has 0 saturated heterocycles. The Morgan fingerprint density at radius 1 is 1.08 bits per heavy atom. The van der Waals surface area contributed by atoms with Gasteiger partial charge in [-0.2, -0.15) is 0 Å². The first-order valence-electron chi connectivity index (χ1n) is 6.77. The molecule has 2 aromatic rings. The Bertz CT molecular complexity index is 908. The van der Waals surface area contributed by atoms with Gasteiger partial charge in [-0.05, 0) is 42.8 Å². The maximum Gasteiger partial charge on any atom is 0.337 e. The van der Waals surface area contributed by atoms with Crippen LogP contribution in [0.1, 0.15) is 26.3 Å². The van der Waals surface area contributed by atoms with Crippen LogP contribution in [0.5, 0.6) is 0 Å². The van der Waals surface area contributed by atoms with Crippen molar-refractivity contribution in [3.63, 3.8) is 0 Å². The summed E-state index contributed by atoms with van der Waals surface area (Å²) in [7, 11) is -2.89. The lowest BCUT2D eigenvalue weighted by Crippen LogP contribution is -2.31. The molecule has 1 amide bonds. The Labute approximate surface area is 144 Å². The fraction of sp³-hybridized carbons (Fsp3) is 0.125. The highest BCUT2D eigenvalue weighted by Crippen LogP contribution is 2.22. The number of hydrogen-bond donors (Lipinski definition) is 1. The van der Waals surface area contributed by atoms with E-state index in [1.165, 1.54) is 43.5 Å². The molecule has 1 N–H and O–H groups in total. The van der Waals surface area contributed by atoms with Crippen LogP contribution in [-0.2, 0) is 14.8 Å². The standard InChI is InChI=1S/C16H14ClNO5S/c1-10-13(17)7-4-8-14(10)24(21,22)18-15(19)11-5-3-6-12(9-11)16(20)23-2/h3-9H,1-2H3,(H,18,19). The monoisotopic (exact) mass is 367 g/mol. The number of methoxy groups -OCH3 is 1. The Kier molecular flexibility index (Phi) is 5.26. The lowest BCUT2D eigenvalue weighted by molar-refractivity contribution is 0.0600. The van der Waals surface area contributed by atoms with Crippen LogP contribution in [-0.4, -0.2) is 27.4 Å². The molecule has 0 aliphatic heterocycles. The van der Waals surface area contributed by atoms with E-state index in [1.54, 1.807) is 13.0 Å². The Morgan fingerprint density at radius 2 is 1.71 bits per heavy atom. The predicted molar refractivity (Wildman–Crippen MR) is 88.6 cm³/mol. The summed E-state index contributed by atoms with van der Waals surface area (Å²) in [6.45, 7) is 1.54. The van der Waals surface area contributed by atoms with E-state index < -0.39 is 21.9 Å². The van der Waals surface area contributed by atoms with Gasteiger partial charge in [-0.25, -0.2) is 17.9 Å². The molecule has 0 bridgehead atoms. The summed E-state index contributed by atoms with van der Waals surface area (Å²) in [5.74, 6) is -1.49. The van der Waals surface area contributed by atoms with Gasteiger partial charge in [0.25, 0.3) is 15.9 Å². The van der Waals surface area contributed by atoms with Gasteiger partial charge in [0.15, 0.2) is 0 Å². The summed E-state index contributed by atoms with van der Waals surface area (Å²) in [6, 6.07) is 9.94. The van der Waals surface area contributed by atoms with E-state index in [1.807, 2.05) is 4.72 Å². The topological polar surface area (TPSA) is 89.5 Å².